The fourth-order valence-electron chi connectivity index (χ4n) is 3.13. The zero-order valence-corrected chi connectivity index (χ0v) is 16.5. The van der Waals surface area contributed by atoms with Crippen LogP contribution in [0.15, 0.2) is 34.5 Å². The Hall–Kier alpha value is -2.84. The molecule has 0 unspecified atom stereocenters. The summed E-state index contributed by atoms with van der Waals surface area (Å²) in [7, 11) is 0. The maximum Gasteiger partial charge on any atom is 0.255 e. The van der Waals surface area contributed by atoms with E-state index in [9.17, 15) is 9.59 Å². The number of halogens is 1. The number of amides is 1. The molecule has 144 valence electrons. The number of fused-ring (bicyclic) bond motifs is 2. The minimum absolute atomic E-state index is 0.152. The Balaban J connectivity index is 1.69. The van der Waals surface area contributed by atoms with Crippen LogP contribution in [0, 0.1) is 6.92 Å². The van der Waals surface area contributed by atoms with E-state index in [4.69, 9.17) is 24.7 Å². The van der Waals surface area contributed by atoms with Gasteiger partial charge in [0.2, 0.25) is 5.78 Å². The predicted molar refractivity (Wildman–Crippen MR) is 103 cm³/mol. The molecule has 2 heterocycles. The number of ketones is 1. The van der Waals surface area contributed by atoms with Gasteiger partial charge in [0.15, 0.2) is 19.2 Å². The molecule has 8 heteroatoms. The largest absolute Gasteiger partial charge is 0.483 e. The van der Waals surface area contributed by atoms with Crippen LogP contribution < -0.4 is 19.9 Å². The number of ether oxygens (including phenoxy) is 4. The van der Waals surface area contributed by atoms with Gasteiger partial charge in [0.05, 0.1) is 12.2 Å². The molecule has 0 saturated carbocycles. The summed E-state index contributed by atoms with van der Waals surface area (Å²) in [4.78, 5) is 23.7. The second kappa shape index (κ2) is 7.29. The van der Waals surface area contributed by atoms with Crippen LogP contribution in [0.2, 0.25) is 0 Å². The summed E-state index contributed by atoms with van der Waals surface area (Å²) in [5, 5.41) is 0. The van der Waals surface area contributed by atoms with Gasteiger partial charge in [0, 0.05) is 21.2 Å². The van der Waals surface area contributed by atoms with Gasteiger partial charge in [-0.15, -0.1) is 0 Å². The summed E-state index contributed by atoms with van der Waals surface area (Å²) in [5.74, 6) is 0.872. The number of primary amides is 1. The fraction of sp³-hybridized carbons (Fsp3) is 0.200. The SMILES string of the molecule is Cc1c(OCC(N)=O)ccc2c1O/C(=C\c1cc(Br)cc3c1OCOC3)C2=O. The first-order valence-electron chi connectivity index (χ1n) is 8.46. The van der Waals surface area contributed by atoms with Gasteiger partial charge >= 0.3 is 0 Å². The Morgan fingerprint density at radius 1 is 1.32 bits per heavy atom. The molecule has 2 aromatic rings. The highest BCUT2D eigenvalue weighted by Gasteiger charge is 2.31. The number of hydrogen-bond acceptors (Lipinski definition) is 6. The number of Topliss-reactive ketones (excluding diaryl/α,β-unsaturated/α-hetero) is 1. The lowest BCUT2D eigenvalue weighted by molar-refractivity contribution is -0.119. The van der Waals surface area contributed by atoms with Crippen molar-refractivity contribution in [2.75, 3.05) is 13.4 Å². The summed E-state index contributed by atoms with van der Waals surface area (Å²) in [6.45, 7) is 2.09. The first kappa shape index (κ1) is 18.5. The Kier molecular flexibility index (Phi) is 4.82. The van der Waals surface area contributed by atoms with E-state index in [0.29, 0.717) is 40.5 Å². The summed E-state index contributed by atoms with van der Waals surface area (Å²) in [5.41, 5.74) is 7.77. The average molecular weight is 446 g/mol. The van der Waals surface area contributed by atoms with Crippen molar-refractivity contribution in [3.8, 4) is 17.2 Å². The molecule has 2 aliphatic heterocycles. The van der Waals surface area contributed by atoms with Crippen molar-refractivity contribution >= 4 is 33.7 Å². The molecule has 2 aliphatic rings. The molecule has 0 saturated heterocycles. The van der Waals surface area contributed by atoms with Crippen LogP contribution in [0.5, 0.6) is 17.2 Å². The third-order valence-electron chi connectivity index (χ3n) is 4.40. The number of rotatable bonds is 4. The van der Waals surface area contributed by atoms with E-state index in [1.165, 1.54) is 0 Å². The number of benzene rings is 2. The normalized spacial score (nSPS) is 16.2. The van der Waals surface area contributed by atoms with E-state index >= 15 is 0 Å². The topological polar surface area (TPSA) is 97.1 Å². The number of carbonyl (C=O) groups excluding carboxylic acids is 2. The maximum absolute atomic E-state index is 12.8. The molecule has 2 N–H and O–H groups in total. The van der Waals surface area contributed by atoms with Gasteiger partial charge in [-0.25, -0.2) is 0 Å². The molecule has 0 aromatic heterocycles. The molecule has 0 radical (unpaired) electrons. The second-order valence-corrected chi connectivity index (χ2v) is 7.27. The highest BCUT2D eigenvalue weighted by molar-refractivity contribution is 9.10. The van der Waals surface area contributed by atoms with E-state index < -0.39 is 5.91 Å². The van der Waals surface area contributed by atoms with Crippen molar-refractivity contribution in [2.24, 2.45) is 5.73 Å². The lowest BCUT2D eigenvalue weighted by Gasteiger charge is -2.20. The van der Waals surface area contributed by atoms with Crippen molar-refractivity contribution in [3.63, 3.8) is 0 Å². The predicted octanol–water partition coefficient (Wildman–Crippen LogP) is 3.10. The first-order valence-corrected chi connectivity index (χ1v) is 9.25. The molecule has 28 heavy (non-hydrogen) atoms. The standard InChI is InChI=1S/C20H16BrNO6/c1-10-15(26-8-17(22)23)3-2-14-18(24)16(28-19(10)14)6-11-4-13(21)5-12-7-25-9-27-20(11)12/h2-6H,7-9H2,1H3,(H2,22,23)/b16-6-. The molecule has 4 rings (SSSR count). The molecule has 7 nitrogen and oxygen atoms in total. The van der Waals surface area contributed by atoms with Gasteiger partial charge in [-0.2, -0.15) is 0 Å². The Bertz CT molecular complexity index is 1030. The van der Waals surface area contributed by atoms with Gasteiger partial charge in [0.1, 0.15) is 17.2 Å². The molecule has 2 aromatic carbocycles. The van der Waals surface area contributed by atoms with Crippen LogP contribution in [0.3, 0.4) is 0 Å². The smallest absolute Gasteiger partial charge is 0.255 e. The molecule has 1 amide bonds. The van der Waals surface area contributed by atoms with Crippen LogP contribution in [0.25, 0.3) is 6.08 Å². The summed E-state index contributed by atoms with van der Waals surface area (Å²) < 4.78 is 23.0. The number of carbonyl (C=O) groups is 2. The lowest BCUT2D eigenvalue weighted by Crippen LogP contribution is -2.20. The zero-order chi connectivity index (χ0) is 19.8. The molecule has 0 aliphatic carbocycles. The Morgan fingerprint density at radius 2 is 2.14 bits per heavy atom. The molecule has 0 atom stereocenters. The zero-order valence-electron chi connectivity index (χ0n) is 14.9. The number of nitrogens with two attached hydrogens (primary N) is 1. The van der Waals surface area contributed by atoms with E-state index in [2.05, 4.69) is 15.9 Å². The summed E-state index contributed by atoms with van der Waals surface area (Å²) >= 11 is 3.46. The van der Waals surface area contributed by atoms with Crippen LogP contribution >= 0.6 is 15.9 Å². The number of hydrogen-bond donors (Lipinski definition) is 1. The summed E-state index contributed by atoms with van der Waals surface area (Å²) in [6.07, 6.45) is 1.65. The van der Waals surface area contributed by atoms with E-state index in [0.717, 1.165) is 10.0 Å². The van der Waals surface area contributed by atoms with Crippen molar-refractivity contribution < 1.29 is 28.5 Å². The Morgan fingerprint density at radius 3 is 2.93 bits per heavy atom. The average Bonchev–Trinajstić information content (AvgIpc) is 2.98. The monoisotopic (exact) mass is 445 g/mol. The lowest BCUT2D eigenvalue weighted by atomic mass is 10.0. The first-order chi connectivity index (χ1) is 13.4. The molecule has 0 fully saturated rings. The van der Waals surface area contributed by atoms with Gasteiger partial charge in [-0.3, -0.25) is 9.59 Å². The molecular weight excluding hydrogens is 430 g/mol. The van der Waals surface area contributed by atoms with Gasteiger partial charge in [0.25, 0.3) is 5.91 Å². The molecular formula is C20H16BrNO6. The third kappa shape index (κ3) is 3.36. The minimum atomic E-state index is -0.583. The van der Waals surface area contributed by atoms with E-state index in [1.54, 1.807) is 25.1 Å². The van der Waals surface area contributed by atoms with Crippen molar-refractivity contribution in [1.29, 1.82) is 0 Å². The maximum atomic E-state index is 12.8. The molecule has 0 bridgehead atoms. The highest BCUT2D eigenvalue weighted by Crippen LogP contribution is 2.40. The van der Waals surface area contributed by atoms with Crippen molar-refractivity contribution in [3.05, 3.63) is 56.8 Å². The fourth-order valence-corrected chi connectivity index (χ4v) is 3.65. The summed E-state index contributed by atoms with van der Waals surface area (Å²) in [6, 6.07) is 7.01. The van der Waals surface area contributed by atoms with E-state index in [1.807, 2.05) is 12.1 Å². The van der Waals surface area contributed by atoms with Gasteiger partial charge < -0.3 is 24.7 Å². The van der Waals surface area contributed by atoms with Crippen LogP contribution in [-0.4, -0.2) is 25.1 Å². The number of allylic oxidation sites excluding steroid dienone is 1. The van der Waals surface area contributed by atoms with Gasteiger partial charge in [-0.1, -0.05) is 15.9 Å². The molecule has 0 spiro atoms. The second-order valence-electron chi connectivity index (χ2n) is 6.35. The van der Waals surface area contributed by atoms with Crippen LogP contribution in [-0.2, 0) is 16.1 Å². The van der Waals surface area contributed by atoms with Crippen LogP contribution in [0.1, 0.15) is 27.0 Å². The highest BCUT2D eigenvalue weighted by atomic mass is 79.9. The van der Waals surface area contributed by atoms with Crippen LogP contribution in [0.4, 0.5) is 0 Å². The minimum Gasteiger partial charge on any atom is -0.483 e. The Labute approximate surface area is 169 Å². The quantitative estimate of drug-likeness (QED) is 0.726. The van der Waals surface area contributed by atoms with Gasteiger partial charge in [-0.05, 0) is 37.3 Å². The van der Waals surface area contributed by atoms with E-state index in [-0.39, 0.29) is 24.9 Å². The third-order valence-corrected chi connectivity index (χ3v) is 4.85. The van der Waals surface area contributed by atoms with Crippen molar-refractivity contribution in [2.45, 2.75) is 13.5 Å². The van der Waals surface area contributed by atoms with Crippen molar-refractivity contribution in [1.82, 2.24) is 0 Å².